The van der Waals surface area contributed by atoms with Crippen LogP contribution >= 0.6 is 0 Å². The van der Waals surface area contributed by atoms with Gasteiger partial charge in [0.15, 0.2) is 0 Å². The molecule has 92 valence electrons. The van der Waals surface area contributed by atoms with Gasteiger partial charge in [-0.3, -0.25) is 0 Å². The Labute approximate surface area is 101 Å². The van der Waals surface area contributed by atoms with E-state index in [4.69, 9.17) is 0 Å². The molecule has 1 heterocycles. The van der Waals surface area contributed by atoms with Crippen molar-refractivity contribution in [3.63, 3.8) is 0 Å². The molecule has 4 heteroatoms. The van der Waals surface area contributed by atoms with Crippen LogP contribution in [0, 0.1) is 0 Å². The van der Waals surface area contributed by atoms with Gasteiger partial charge in [0.2, 0.25) is 0 Å². The van der Waals surface area contributed by atoms with E-state index >= 15 is 0 Å². The summed E-state index contributed by atoms with van der Waals surface area (Å²) in [5.41, 5.74) is 2.14. The number of benzene rings is 1. The smallest absolute Gasteiger partial charge is 0.337 e. The van der Waals surface area contributed by atoms with Crippen LogP contribution in [0.5, 0.6) is 0 Å². The maximum absolute atomic E-state index is 11.2. The van der Waals surface area contributed by atoms with Crippen molar-refractivity contribution >= 4 is 17.3 Å². The second kappa shape index (κ2) is 4.65. The first-order valence-corrected chi connectivity index (χ1v) is 5.89. The molecule has 1 N–H and O–H groups in total. The van der Waals surface area contributed by atoms with Crippen LogP contribution in [0.25, 0.3) is 0 Å². The van der Waals surface area contributed by atoms with Crippen molar-refractivity contribution < 1.29 is 9.90 Å². The Balaban J connectivity index is 2.37. The van der Waals surface area contributed by atoms with Crippen LogP contribution in [0.15, 0.2) is 18.2 Å². The van der Waals surface area contributed by atoms with Gasteiger partial charge in [0, 0.05) is 32.9 Å². The number of carboxylic acid groups (broad SMARTS) is 1. The van der Waals surface area contributed by atoms with Gasteiger partial charge < -0.3 is 14.9 Å². The summed E-state index contributed by atoms with van der Waals surface area (Å²) in [6.45, 7) is 2.06. The Morgan fingerprint density at radius 2 is 1.94 bits per heavy atom. The third kappa shape index (κ3) is 2.35. The molecular weight excluding hydrogens is 216 g/mol. The molecule has 1 aliphatic heterocycles. The van der Waals surface area contributed by atoms with E-state index in [1.807, 2.05) is 31.1 Å². The Morgan fingerprint density at radius 3 is 2.47 bits per heavy atom. The first-order valence-electron chi connectivity index (χ1n) is 5.89. The third-order valence-corrected chi connectivity index (χ3v) is 3.16. The topological polar surface area (TPSA) is 43.8 Å². The predicted octanol–water partition coefficient (Wildman–Crippen LogP) is 2.05. The van der Waals surface area contributed by atoms with Crippen LogP contribution in [-0.4, -0.2) is 38.3 Å². The minimum Gasteiger partial charge on any atom is -0.478 e. The van der Waals surface area contributed by atoms with Crippen LogP contribution < -0.4 is 9.80 Å². The minimum absolute atomic E-state index is 0.374. The average Bonchev–Trinajstić information content (AvgIpc) is 2.81. The van der Waals surface area contributed by atoms with Gasteiger partial charge in [0.25, 0.3) is 0 Å². The van der Waals surface area contributed by atoms with Gasteiger partial charge in [-0.25, -0.2) is 4.79 Å². The van der Waals surface area contributed by atoms with Crippen molar-refractivity contribution in [2.75, 3.05) is 37.0 Å². The zero-order valence-electron chi connectivity index (χ0n) is 10.3. The fraction of sp³-hybridized carbons (Fsp3) is 0.462. The van der Waals surface area contributed by atoms with Crippen molar-refractivity contribution in [3.05, 3.63) is 23.8 Å². The molecular formula is C13H18N2O2. The first kappa shape index (κ1) is 11.8. The van der Waals surface area contributed by atoms with Crippen LogP contribution in [0.2, 0.25) is 0 Å². The summed E-state index contributed by atoms with van der Waals surface area (Å²) in [5, 5.41) is 9.24. The maximum atomic E-state index is 11.2. The van der Waals surface area contributed by atoms with E-state index in [-0.39, 0.29) is 0 Å². The van der Waals surface area contributed by atoms with E-state index < -0.39 is 5.97 Å². The number of aromatic carboxylic acids is 1. The number of carboxylic acids is 1. The van der Waals surface area contributed by atoms with Crippen LogP contribution in [-0.2, 0) is 0 Å². The number of hydrogen-bond donors (Lipinski definition) is 1. The quantitative estimate of drug-likeness (QED) is 0.869. The zero-order chi connectivity index (χ0) is 12.4. The number of rotatable bonds is 3. The fourth-order valence-corrected chi connectivity index (χ4v) is 2.26. The Kier molecular flexibility index (Phi) is 3.22. The third-order valence-electron chi connectivity index (χ3n) is 3.16. The molecule has 1 aromatic rings. The molecule has 0 amide bonds. The lowest BCUT2D eigenvalue weighted by molar-refractivity contribution is 0.0697. The SMILES string of the molecule is CN(C)c1ccc(N2CCCC2)cc1C(=O)O. The van der Waals surface area contributed by atoms with Gasteiger partial charge in [-0.05, 0) is 31.0 Å². The first-order chi connectivity index (χ1) is 8.09. The molecule has 0 aliphatic carbocycles. The molecule has 1 aromatic carbocycles. The molecule has 2 rings (SSSR count). The van der Waals surface area contributed by atoms with Gasteiger partial charge in [-0.2, -0.15) is 0 Å². The molecule has 0 saturated carbocycles. The van der Waals surface area contributed by atoms with Gasteiger partial charge in [-0.1, -0.05) is 0 Å². The molecule has 0 unspecified atom stereocenters. The molecule has 17 heavy (non-hydrogen) atoms. The molecule has 0 spiro atoms. The van der Waals surface area contributed by atoms with Gasteiger partial charge in [0.1, 0.15) is 0 Å². The highest BCUT2D eigenvalue weighted by molar-refractivity contribution is 5.95. The Hall–Kier alpha value is -1.71. The van der Waals surface area contributed by atoms with E-state index in [9.17, 15) is 9.90 Å². The molecule has 1 saturated heterocycles. The highest BCUT2D eigenvalue weighted by atomic mass is 16.4. The number of hydrogen-bond acceptors (Lipinski definition) is 3. The minimum atomic E-state index is -0.866. The monoisotopic (exact) mass is 234 g/mol. The lowest BCUT2D eigenvalue weighted by atomic mass is 10.1. The second-order valence-electron chi connectivity index (χ2n) is 4.60. The standard InChI is InChI=1S/C13H18N2O2/c1-14(2)12-6-5-10(9-11(12)13(16)17)15-7-3-4-8-15/h5-6,9H,3-4,7-8H2,1-2H3,(H,16,17). The molecule has 4 nitrogen and oxygen atoms in total. The fourth-order valence-electron chi connectivity index (χ4n) is 2.26. The molecule has 1 fully saturated rings. The van der Waals surface area contributed by atoms with Crippen LogP contribution in [0.3, 0.4) is 0 Å². The van der Waals surface area contributed by atoms with E-state index in [1.165, 1.54) is 12.8 Å². The summed E-state index contributed by atoms with van der Waals surface area (Å²) in [4.78, 5) is 15.3. The van der Waals surface area contributed by atoms with E-state index in [1.54, 1.807) is 6.07 Å². The maximum Gasteiger partial charge on any atom is 0.337 e. The van der Waals surface area contributed by atoms with E-state index in [2.05, 4.69) is 4.90 Å². The van der Waals surface area contributed by atoms with E-state index in [0.717, 1.165) is 24.5 Å². The number of carbonyl (C=O) groups is 1. The summed E-state index contributed by atoms with van der Waals surface area (Å²) in [5.74, 6) is -0.866. The lowest BCUT2D eigenvalue weighted by Gasteiger charge is -2.21. The second-order valence-corrected chi connectivity index (χ2v) is 4.60. The summed E-state index contributed by atoms with van der Waals surface area (Å²) < 4.78 is 0. The largest absolute Gasteiger partial charge is 0.478 e. The van der Waals surface area contributed by atoms with Crippen molar-refractivity contribution in [2.24, 2.45) is 0 Å². The Bertz CT molecular complexity index is 423. The van der Waals surface area contributed by atoms with Gasteiger partial charge in [-0.15, -0.1) is 0 Å². The number of anilines is 2. The highest BCUT2D eigenvalue weighted by Crippen LogP contribution is 2.27. The van der Waals surface area contributed by atoms with Crippen molar-refractivity contribution in [2.45, 2.75) is 12.8 Å². The van der Waals surface area contributed by atoms with Crippen LogP contribution in [0.1, 0.15) is 23.2 Å². The lowest BCUT2D eigenvalue weighted by Crippen LogP contribution is -2.19. The molecule has 0 atom stereocenters. The van der Waals surface area contributed by atoms with E-state index in [0.29, 0.717) is 5.56 Å². The summed E-state index contributed by atoms with van der Waals surface area (Å²) in [6.07, 6.45) is 2.38. The Morgan fingerprint density at radius 1 is 1.29 bits per heavy atom. The molecule has 0 radical (unpaired) electrons. The van der Waals surface area contributed by atoms with Crippen molar-refractivity contribution in [1.29, 1.82) is 0 Å². The molecule has 0 aromatic heterocycles. The molecule has 0 bridgehead atoms. The zero-order valence-corrected chi connectivity index (χ0v) is 10.3. The van der Waals surface area contributed by atoms with Crippen LogP contribution in [0.4, 0.5) is 11.4 Å². The molecule has 1 aliphatic rings. The van der Waals surface area contributed by atoms with Crippen molar-refractivity contribution in [1.82, 2.24) is 0 Å². The van der Waals surface area contributed by atoms with Crippen molar-refractivity contribution in [3.8, 4) is 0 Å². The number of nitrogens with zero attached hydrogens (tertiary/aromatic N) is 2. The van der Waals surface area contributed by atoms with Gasteiger partial charge >= 0.3 is 5.97 Å². The highest BCUT2D eigenvalue weighted by Gasteiger charge is 2.17. The predicted molar refractivity (Wildman–Crippen MR) is 69.2 cm³/mol. The summed E-state index contributed by atoms with van der Waals surface area (Å²) in [6, 6.07) is 5.67. The average molecular weight is 234 g/mol. The van der Waals surface area contributed by atoms with Gasteiger partial charge in [0.05, 0.1) is 11.3 Å². The normalized spacial score (nSPS) is 15.1. The summed E-state index contributed by atoms with van der Waals surface area (Å²) >= 11 is 0. The summed E-state index contributed by atoms with van der Waals surface area (Å²) in [7, 11) is 3.72.